The molecule has 1 heterocycles. The lowest BCUT2D eigenvalue weighted by Gasteiger charge is -2.30. The second-order valence-electron chi connectivity index (χ2n) is 10.3. The number of fused-ring (bicyclic) bond motifs is 2. The summed E-state index contributed by atoms with van der Waals surface area (Å²) >= 11 is 0. The molecular formula is C29H44N2O8. The highest BCUT2D eigenvalue weighted by molar-refractivity contribution is 6.03. The van der Waals surface area contributed by atoms with Gasteiger partial charge in [-0.2, -0.15) is 0 Å². The van der Waals surface area contributed by atoms with Crippen LogP contribution in [0.15, 0.2) is 35.4 Å². The van der Waals surface area contributed by atoms with E-state index < -0.39 is 30.5 Å². The molecule has 0 aliphatic carbocycles. The Balaban J connectivity index is 2.53. The average molecular weight is 549 g/mol. The number of nitrogens with one attached hydrogen (secondary N) is 1. The van der Waals surface area contributed by atoms with Gasteiger partial charge in [0, 0.05) is 43.0 Å². The Morgan fingerprint density at radius 2 is 1.77 bits per heavy atom. The highest BCUT2D eigenvalue weighted by atomic mass is 16.6. The van der Waals surface area contributed by atoms with E-state index in [1.165, 1.54) is 20.3 Å². The first kappa shape index (κ1) is 32.1. The molecule has 10 heteroatoms. The first-order valence-electron chi connectivity index (χ1n) is 13.2. The van der Waals surface area contributed by atoms with E-state index in [0.29, 0.717) is 48.3 Å². The van der Waals surface area contributed by atoms with Gasteiger partial charge in [0.1, 0.15) is 0 Å². The van der Waals surface area contributed by atoms with Crippen molar-refractivity contribution in [3.8, 4) is 11.5 Å². The lowest BCUT2D eigenvalue weighted by molar-refractivity contribution is -0.112. The van der Waals surface area contributed by atoms with Gasteiger partial charge in [-0.05, 0) is 57.1 Å². The molecule has 10 nitrogen and oxygen atoms in total. The number of ether oxygens (including phenoxy) is 4. The fourth-order valence-electron chi connectivity index (χ4n) is 5.08. The van der Waals surface area contributed by atoms with Gasteiger partial charge < -0.3 is 40.2 Å². The number of amides is 2. The molecule has 0 spiro atoms. The SMILES string of the molecule is COc1c(O)cc2cc1C[C@H](C)C[C@H](OC)[C@H](O)[C@@H](C)/C=C(\C)[C@H](OC(N)=O)[C@@H](OC)CC/C=C(/C)C(=O)N2. The van der Waals surface area contributed by atoms with Gasteiger partial charge in [-0.3, -0.25) is 4.79 Å². The number of aliphatic hydroxyl groups excluding tert-OH is 1. The standard InChI is InChI=1S/C29H44N2O8/c1-16-11-20-14-21(15-22(32)27(20)38-7)31-28(34)17(2)9-8-10-23(36-5)26(39-29(30)35)19(4)13-18(3)25(33)24(12-16)37-6/h9,13-16,18,23-26,32-33H,8,10-12H2,1-7H3,(H2,30,35)(H,31,34)/b17-9-,19-13+/t16-,18-,23-,24-,25+,26-/m0/s1. The molecule has 2 bridgehead atoms. The number of carbonyl (C=O) groups excluding carboxylic acids is 2. The zero-order valence-electron chi connectivity index (χ0n) is 24.0. The third-order valence-electron chi connectivity index (χ3n) is 7.15. The number of phenols is 1. The van der Waals surface area contributed by atoms with Crippen molar-refractivity contribution in [2.45, 2.75) is 77.8 Å². The molecule has 5 N–H and O–H groups in total. The van der Waals surface area contributed by atoms with E-state index in [2.05, 4.69) is 5.32 Å². The van der Waals surface area contributed by atoms with Gasteiger partial charge in [-0.15, -0.1) is 0 Å². The van der Waals surface area contributed by atoms with Crippen LogP contribution in [-0.4, -0.2) is 68.0 Å². The summed E-state index contributed by atoms with van der Waals surface area (Å²) in [7, 11) is 4.55. The van der Waals surface area contributed by atoms with Crippen LogP contribution in [0.1, 0.15) is 52.5 Å². The molecule has 1 aliphatic heterocycles. The molecule has 39 heavy (non-hydrogen) atoms. The van der Waals surface area contributed by atoms with Crippen molar-refractivity contribution in [1.82, 2.24) is 0 Å². The number of primary amides is 1. The molecule has 1 aliphatic rings. The van der Waals surface area contributed by atoms with Crippen molar-refractivity contribution in [3.05, 3.63) is 41.0 Å². The van der Waals surface area contributed by atoms with Crippen LogP contribution >= 0.6 is 0 Å². The first-order chi connectivity index (χ1) is 18.4. The summed E-state index contributed by atoms with van der Waals surface area (Å²) in [6.45, 7) is 7.38. The number of nitrogens with two attached hydrogens (primary N) is 1. The maximum absolute atomic E-state index is 12.9. The Labute approximate surface area is 231 Å². The van der Waals surface area contributed by atoms with E-state index in [-0.39, 0.29) is 23.5 Å². The van der Waals surface area contributed by atoms with E-state index in [0.717, 1.165) is 5.56 Å². The van der Waals surface area contributed by atoms with Gasteiger partial charge in [0.15, 0.2) is 17.6 Å². The van der Waals surface area contributed by atoms with Crippen molar-refractivity contribution in [3.63, 3.8) is 0 Å². The van der Waals surface area contributed by atoms with E-state index in [4.69, 9.17) is 24.7 Å². The zero-order chi connectivity index (χ0) is 29.3. The summed E-state index contributed by atoms with van der Waals surface area (Å²) in [5.41, 5.74) is 7.69. The van der Waals surface area contributed by atoms with Crippen LogP contribution in [-0.2, 0) is 25.4 Å². The highest BCUT2D eigenvalue weighted by Gasteiger charge is 2.30. The topological polar surface area (TPSA) is 150 Å². The Morgan fingerprint density at radius 1 is 1.10 bits per heavy atom. The van der Waals surface area contributed by atoms with Crippen LogP contribution in [0.4, 0.5) is 10.5 Å². The van der Waals surface area contributed by atoms with E-state index in [1.54, 1.807) is 33.1 Å². The average Bonchev–Trinajstić information content (AvgIpc) is 2.87. The largest absolute Gasteiger partial charge is 0.504 e. The number of carbonyl (C=O) groups is 2. The lowest BCUT2D eigenvalue weighted by atomic mass is 9.88. The number of rotatable bonds is 4. The maximum Gasteiger partial charge on any atom is 0.405 e. The molecule has 0 fully saturated rings. The molecule has 0 radical (unpaired) electrons. The first-order valence-corrected chi connectivity index (χ1v) is 13.2. The van der Waals surface area contributed by atoms with Gasteiger partial charge in [0.2, 0.25) is 0 Å². The van der Waals surface area contributed by atoms with Gasteiger partial charge in [-0.25, -0.2) is 4.79 Å². The number of allylic oxidation sites excluding steroid dienone is 1. The summed E-state index contributed by atoms with van der Waals surface area (Å²) in [5, 5.41) is 24.6. The van der Waals surface area contributed by atoms with Crippen LogP contribution < -0.4 is 15.8 Å². The van der Waals surface area contributed by atoms with Gasteiger partial charge in [0.25, 0.3) is 5.91 Å². The Bertz CT molecular complexity index is 1050. The van der Waals surface area contributed by atoms with Crippen LogP contribution in [0, 0.1) is 11.8 Å². The Morgan fingerprint density at radius 3 is 2.36 bits per heavy atom. The van der Waals surface area contributed by atoms with Crippen LogP contribution in [0.25, 0.3) is 0 Å². The number of aliphatic hydroxyl groups is 1. The molecule has 1 aromatic carbocycles. The number of hydrogen-bond donors (Lipinski definition) is 4. The van der Waals surface area contributed by atoms with Crippen molar-refractivity contribution in [2.24, 2.45) is 17.6 Å². The summed E-state index contributed by atoms with van der Waals surface area (Å²) in [6, 6.07) is 3.24. The maximum atomic E-state index is 12.9. The van der Waals surface area contributed by atoms with Crippen molar-refractivity contribution in [1.29, 1.82) is 0 Å². The second kappa shape index (κ2) is 14.9. The van der Waals surface area contributed by atoms with Crippen LogP contribution in [0.2, 0.25) is 0 Å². The number of methoxy groups -OCH3 is 3. The predicted octanol–water partition coefficient (Wildman–Crippen LogP) is 4.09. The van der Waals surface area contributed by atoms with E-state index in [9.17, 15) is 19.8 Å². The molecule has 0 saturated carbocycles. The monoisotopic (exact) mass is 548 g/mol. The normalized spacial score (nSPS) is 30.3. The molecule has 0 aromatic heterocycles. The van der Waals surface area contributed by atoms with Crippen molar-refractivity contribution >= 4 is 17.7 Å². The third kappa shape index (κ3) is 8.98. The van der Waals surface area contributed by atoms with Gasteiger partial charge in [-0.1, -0.05) is 26.0 Å². The smallest absolute Gasteiger partial charge is 0.405 e. The molecular weight excluding hydrogens is 504 g/mol. The van der Waals surface area contributed by atoms with Gasteiger partial charge >= 0.3 is 6.09 Å². The summed E-state index contributed by atoms with van der Waals surface area (Å²) in [4.78, 5) is 24.6. The zero-order valence-corrected chi connectivity index (χ0v) is 24.0. The molecule has 2 amide bonds. The summed E-state index contributed by atoms with van der Waals surface area (Å²) in [6.07, 6.45) is 1.95. The highest BCUT2D eigenvalue weighted by Crippen LogP contribution is 2.36. The Hall–Kier alpha value is -3.08. The fraction of sp³-hybridized carbons (Fsp3) is 0.586. The number of benzene rings is 1. The number of anilines is 1. The third-order valence-corrected chi connectivity index (χ3v) is 7.15. The van der Waals surface area contributed by atoms with Crippen LogP contribution in [0.5, 0.6) is 11.5 Å². The molecule has 6 atom stereocenters. The second-order valence-corrected chi connectivity index (χ2v) is 10.3. The predicted molar refractivity (Wildman–Crippen MR) is 149 cm³/mol. The lowest BCUT2D eigenvalue weighted by Crippen LogP contribution is -2.37. The molecule has 1 aromatic rings. The van der Waals surface area contributed by atoms with Crippen molar-refractivity contribution < 1.29 is 38.7 Å². The fourth-order valence-corrected chi connectivity index (χ4v) is 5.08. The molecule has 0 saturated heterocycles. The van der Waals surface area contributed by atoms with E-state index in [1.807, 2.05) is 19.9 Å². The summed E-state index contributed by atoms with van der Waals surface area (Å²) in [5.74, 6) is -0.375. The molecule has 2 rings (SSSR count). The Kier molecular flexibility index (Phi) is 12.3. The molecule has 218 valence electrons. The number of phenolic OH excluding ortho intramolecular Hbond substituents is 1. The minimum atomic E-state index is -0.934. The van der Waals surface area contributed by atoms with E-state index >= 15 is 0 Å². The molecule has 0 unspecified atom stereocenters. The van der Waals surface area contributed by atoms with Crippen LogP contribution in [0.3, 0.4) is 0 Å². The number of aromatic hydroxyl groups is 1. The van der Waals surface area contributed by atoms with Crippen molar-refractivity contribution in [2.75, 3.05) is 26.6 Å². The number of hydrogen-bond acceptors (Lipinski definition) is 8. The quantitative estimate of drug-likeness (QED) is 0.411. The minimum absolute atomic E-state index is 0.0219. The minimum Gasteiger partial charge on any atom is -0.504 e. The van der Waals surface area contributed by atoms with Gasteiger partial charge in [0.05, 0.1) is 25.4 Å². The summed E-state index contributed by atoms with van der Waals surface area (Å²) < 4.78 is 22.2.